The quantitative estimate of drug-likeness (QED) is 0.618. The molecule has 3 rings (SSSR count). The van der Waals surface area contributed by atoms with Crippen molar-refractivity contribution in [2.45, 2.75) is 18.9 Å². The number of rotatable bonds is 6. The highest BCUT2D eigenvalue weighted by Gasteiger charge is 2.17. The fourth-order valence-corrected chi connectivity index (χ4v) is 2.77. The molecule has 1 atom stereocenters. The molecule has 5 nitrogen and oxygen atoms in total. The minimum absolute atomic E-state index is 0.0576. The van der Waals surface area contributed by atoms with Gasteiger partial charge in [0.15, 0.2) is 0 Å². The van der Waals surface area contributed by atoms with E-state index >= 15 is 0 Å². The number of ether oxygens (including phenoxy) is 1. The summed E-state index contributed by atoms with van der Waals surface area (Å²) in [6, 6.07) is 19.4. The Morgan fingerprint density at radius 3 is 2.54 bits per heavy atom. The first-order valence-electron chi connectivity index (χ1n) is 8.68. The van der Waals surface area contributed by atoms with Crippen LogP contribution in [0.2, 0.25) is 0 Å². The molecular formula is C21H21N3O2. The van der Waals surface area contributed by atoms with Crippen LogP contribution in [0.5, 0.6) is 0 Å². The highest BCUT2D eigenvalue weighted by molar-refractivity contribution is 6.01. The van der Waals surface area contributed by atoms with Crippen molar-refractivity contribution in [1.82, 2.24) is 5.32 Å². The fraction of sp³-hybridized carbons (Fsp3) is 0.238. The second kappa shape index (κ2) is 8.84. The van der Waals surface area contributed by atoms with E-state index in [2.05, 4.69) is 10.6 Å². The van der Waals surface area contributed by atoms with E-state index in [4.69, 9.17) is 4.74 Å². The van der Waals surface area contributed by atoms with Gasteiger partial charge in [-0.1, -0.05) is 30.3 Å². The first-order valence-corrected chi connectivity index (χ1v) is 8.68. The molecule has 132 valence electrons. The average Bonchev–Trinajstić information content (AvgIpc) is 3.20. The van der Waals surface area contributed by atoms with E-state index in [1.54, 1.807) is 6.08 Å². The normalized spacial score (nSPS) is 16.7. The van der Waals surface area contributed by atoms with Gasteiger partial charge < -0.3 is 15.4 Å². The zero-order valence-electron chi connectivity index (χ0n) is 14.4. The van der Waals surface area contributed by atoms with Crippen molar-refractivity contribution in [1.29, 1.82) is 5.26 Å². The lowest BCUT2D eigenvalue weighted by atomic mass is 10.1. The molecule has 26 heavy (non-hydrogen) atoms. The zero-order chi connectivity index (χ0) is 18.2. The lowest BCUT2D eigenvalue weighted by Gasteiger charge is -2.10. The lowest BCUT2D eigenvalue weighted by Crippen LogP contribution is -2.32. The van der Waals surface area contributed by atoms with Crippen LogP contribution in [-0.2, 0) is 9.53 Å². The molecule has 1 aliphatic heterocycles. The molecule has 0 aromatic heterocycles. The number of benzene rings is 2. The molecule has 0 saturated carbocycles. The molecule has 1 aliphatic rings. The summed E-state index contributed by atoms with van der Waals surface area (Å²) < 4.78 is 5.47. The summed E-state index contributed by atoms with van der Waals surface area (Å²) in [6.07, 6.45) is 3.62. The number of nitrogens with one attached hydrogen (secondary N) is 2. The third-order valence-electron chi connectivity index (χ3n) is 4.16. The van der Waals surface area contributed by atoms with Gasteiger partial charge in [0, 0.05) is 24.5 Å². The number of hydrogen-bond acceptors (Lipinski definition) is 4. The summed E-state index contributed by atoms with van der Waals surface area (Å²) in [5.41, 5.74) is 2.83. The average molecular weight is 347 g/mol. The van der Waals surface area contributed by atoms with Crippen molar-refractivity contribution in [3.63, 3.8) is 0 Å². The highest BCUT2D eigenvalue weighted by atomic mass is 16.5. The van der Waals surface area contributed by atoms with Crippen LogP contribution in [0.1, 0.15) is 18.4 Å². The Bertz CT molecular complexity index is 801. The summed E-state index contributed by atoms with van der Waals surface area (Å²) in [7, 11) is 0. The number of amides is 1. The molecule has 0 unspecified atom stereocenters. The Morgan fingerprint density at radius 1 is 1.15 bits per heavy atom. The van der Waals surface area contributed by atoms with Gasteiger partial charge in [0.05, 0.1) is 6.10 Å². The summed E-state index contributed by atoms with van der Waals surface area (Å²) in [6.45, 7) is 1.18. The maximum Gasteiger partial charge on any atom is 0.262 e. The van der Waals surface area contributed by atoms with E-state index in [0.29, 0.717) is 6.54 Å². The van der Waals surface area contributed by atoms with Crippen molar-refractivity contribution in [2.75, 3.05) is 18.5 Å². The van der Waals surface area contributed by atoms with E-state index in [1.807, 2.05) is 60.7 Å². The topological polar surface area (TPSA) is 74.2 Å². The maximum absolute atomic E-state index is 12.2. The first kappa shape index (κ1) is 17.7. The van der Waals surface area contributed by atoms with Crippen molar-refractivity contribution < 1.29 is 9.53 Å². The van der Waals surface area contributed by atoms with Crippen molar-refractivity contribution in [3.8, 4) is 6.07 Å². The molecule has 0 aliphatic carbocycles. The van der Waals surface area contributed by atoms with Crippen LogP contribution in [0.3, 0.4) is 0 Å². The zero-order valence-corrected chi connectivity index (χ0v) is 14.4. The molecule has 1 fully saturated rings. The Morgan fingerprint density at radius 2 is 1.88 bits per heavy atom. The molecule has 0 spiro atoms. The number of nitriles is 1. The third kappa shape index (κ3) is 4.95. The highest BCUT2D eigenvalue weighted by Crippen LogP contribution is 2.18. The Balaban J connectivity index is 1.61. The maximum atomic E-state index is 12.2. The van der Waals surface area contributed by atoms with Gasteiger partial charge >= 0.3 is 0 Å². The second-order valence-electron chi connectivity index (χ2n) is 6.13. The molecule has 0 bridgehead atoms. The van der Waals surface area contributed by atoms with Crippen LogP contribution in [0.15, 0.2) is 60.2 Å². The SMILES string of the molecule is N#C/C(=C\c1ccc(Nc2ccccc2)cc1)C(=O)NC[C@@H]1CCCO1. The predicted octanol–water partition coefficient (Wildman–Crippen LogP) is 3.63. The predicted molar refractivity (Wildman–Crippen MR) is 102 cm³/mol. The van der Waals surface area contributed by atoms with Gasteiger partial charge in [-0.3, -0.25) is 4.79 Å². The van der Waals surface area contributed by atoms with Crippen molar-refractivity contribution in [2.24, 2.45) is 0 Å². The minimum atomic E-state index is -0.366. The van der Waals surface area contributed by atoms with E-state index in [0.717, 1.165) is 36.4 Å². The van der Waals surface area contributed by atoms with E-state index in [9.17, 15) is 10.1 Å². The van der Waals surface area contributed by atoms with Gasteiger partial charge in [0.25, 0.3) is 5.91 Å². The molecule has 5 heteroatoms. The fourth-order valence-electron chi connectivity index (χ4n) is 2.77. The summed E-state index contributed by atoms with van der Waals surface area (Å²) in [5.74, 6) is -0.366. The Hall–Kier alpha value is -3.10. The van der Waals surface area contributed by atoms with Crippen molar-refractivity contribution >= 4 is 23.4 Å². The van der Waals surface area contributed by atoms with Crippen LogP contribution < -0.4 is 10.6 Å². The van der Waals surface area contributed by atoms with Crippen LogP contribution in [-0.4, -0.2) is 25.2 Å². The second-order valence-corrected chi connectivity index (χ2v) is 6.13. The van der Waals surface area contributed by atoms with E-state index in [1.165, 1.54) is 0 Å². The van der Waals surface area contributed by atoms with E-state index < -0.39 is 0 Å². The number of hydrogen-bond donors (Lipinski definition) is 2. The summed E-state index contributed by atoms with van der Waals surface area (Å²) >= 11 is 0. The number of carbonyl (C=O) groups excluding carboxylic acids is 1. The van der Waals surface area contributed by atoms with Crippen LogP contribution in [0, 0.1) is 11.3 Å². The van der Waals surface area contributed by atoms with Gasteiger partial charge in [0.2, 0.25) is 0 Å². The third-order valence-corrected chi connectivity index (χ3v) is 4.16. The summed E-state index contributed by atoms with van der Waals surface area (Å²) in [5, 5.41) is 15.3. The van der Waals surface area contributed by atoms with Crippen LogP contribution in [0.4, 0.5) is 11.4 Å². The van der Waals surface area contributed by atoms with Crippen LogP contribution in [0.25, 0.3) is 6.08 Å². The molecule has 2 aromatic rings. The number of anilines is 2. The number of carbonyl (C=O) groups is 1. The largest absolute Gasteiger partial charge is 0.376 e. The Kier molecular flexibility index (Phi) is 6.02. The van der Waals surface area contributed by atoms with Gasteiger partial charge in [0.1, 0.15) is 11.6 Å². The lowest BCUT2D eigenvalue weighted by molar-refractivity contribution is -0.117. The monoisotopic (exact) mass is 347 g/mol. The van der Waals surface area contributed by atoms with Gasteiger partial charge in [-0.25, -0.2) is 0 Å². The van der Waals surface area contributed by atoms with E-state index in [-0.39, 0.29) is 17.6 Å². The molecular weight excluding hydrogens is 326 g/mol. The smallest absolute Gasteiger partial charge is 0.262 e. The molecule has 2 N–H and O–H groups in total. The first-order chi connectivity index (χ1) is 12.7. The van der Waals surface area contributed by atoms with Crippen molar-refractivity contribution in [3.05, 3.63) is 65.7 Å². The van der Waals surface area contributed by atoms with Crippen LogP contribution >= 0.6 is 0 Å². The molecule has 1 heterocycles. The minimum Gasteiger partial charge on any atom is -0.376 e. The number of para-hydroxylation sites is 1. The molecule has 1 saturated heterocycles. The van der Waals surface area contributed by atoms with Gasteiger partial charge in [-0.05, 0) is 48.7 Å². The molecule has 1 amide bonds. The van der Waals surface area contributed by atoms with Gasteiger partial charge in [-0.15, -0.1) is 0 Å². The Labute approximate surface area is 153 Å². The standard InChI is InChI=1S/C21H21N3O2/c22-14-17(21(25)23-15-20-7-4-12-26-20)13-16-8-10-19(11-9-16)24-18-5-2-1-3-6-18/h1-3,5-6,8-11,13,20,24H,4,7,12,15H2,(H,23,25)/b17-13+/t20-/m0/s1. The van der Waals surface area contributed by atoms with Gasteiger partial charge in [-0.2, -0.15) is 5.26 Å². The summed E-state index contributed by atoms with van der Waals surface area (Å²) in [4.78, 5) is 12.2. The molecule has 0 radical (unpaired) electrons. The number of nitrogens with zero attached hydrogens (tertiary/aromatic N) is 1. The molecule has 2 aromatic carbocycles.